The highest BCUT2D eigenvalue weighted by atomic mass is 32.2. The Bertz CT molecular complexity index is 881. The van der Waals surface area contributed by atoms with Crippen LogP contribution in [-0.4, -0.2) is 42.2 Å². The van der Waals surface area contributed by atoms with Crippen LogP contribution in [0.15, 0.2) is 47.4 Å². The minimum atomic E-state index is -3.70. The number of nitrogens with one attached hydrogen (secondary N) is 2. The quantitative estimate of drug-likeness (QED) is 0.675. The van der Waals surface area contributed by atoms with Crippen LogP contribution in [0.4, 0.5) is 5.69 Å². The molecule has 0 bridgehead atoms. The van der Waals surface area contributed by atoms with E-state index in [1.165, 1.54) is 33.5 Å². The SMILES string of the molecule is COc1ccc(S(=O)(=O)NCCC(=O)Nc2ccc(OC)cc2OC)cc1. The van der Waals surface area contributed by atoms with E-state index in [4.69, 9.17) is 14.2 Å². The Morgan fingerprint density at radius 1 is 0.926 bits per heavy atom. The maximum Gasteiger partial charge on any atom is 0.240 e. The summed E-state index contributed by atoms with van der Waals surface area (Å²) in [7, 11) is 0.805. The van der Waals surface area contributed by atoms with Crippen LogP contribution in [0.25, 0.3) is 0 Å². The van der Waals surface area contributed by atoms with Crippen molar-refractivity contribution in [3.8, 4) is 17.2 Å². The van der Waals surface area contributed by atoms with Gasteiger partial charge in [0, 0.05) is 19.0 Å². The number of carbonyl (C=O) groups is 1. The van der Waals surface area contributed by atoms with Crippen LogP contribution in [-0.2, 0) is 14.8 Å². The predicted octanol–water partition coefficient (Wildman–Crippen LogP) is 2.02. The normalized spacial score (nSPS) is 10.9. The molecule has 0 spiro atoms. The van der Waals surface area contributed by atoms with Crippen molar-refractivity contribution in [2.75, 3.05) is 33.2 Å². The van der Waals surface area contributed by atoms with Crippen LogP contribution >= 0.6 is 0 Å². The summed E-state index contributed by atoms with van der Waals surface area (Å²) in [5.41, 5.74) is 0.473. The van der Waals surface area contributed by atoms with E-state index in [0.717, 1.165) is 0 Å². The van der Waals surface area contributed by atoms with Crippen LogP contribution in [0.1, 0.15) is 6.42 Å². The Kier molecular flexibility index (Phi) is 7.03. The summed E-state index contributed by atoms with van der Waals surface area (Å²) in [5, 5.41) is 2.68. The standard InChI is InChI=1S/C18H22N2O6S/c1-24-13-4-7-15(8-5-13)27(22,23)19-11-10-18(21)20-16-9-6-14(25-2)12-17(16)26-3/h4-9,12,19H,10-11H2,1-3H3,(H,20,21). The molecule has 27 heavy (non-hydrogen) atoms. The highest BCUT2D eigenvalue weighted by Crippen LogP contribution is 2.29. The summed E-state index contributed by atoms with van der Waals surface area (Å²) < 4.78 is 42.1. The van der Waals surface area contributed by atoms with Crippen LogP contribution < -0.4 is 24.2 Å². The lowest BCUT2D eigenvalue weighted by molar-refractivity contribution is -0.116. The second kappa shape index (κ2) is 9.24. The van der Waals surface area contributed by atoms with E-state index >= 15 is 0 Å². The molecule has 9 heteroatoms. The first kappa shape index (κ1) is 20.5. The van der Waals surface area contributed by atoms with Crippen molar-refractivity contribution >= 4 is 21.6 Å². The highest BCUT2D eigenvalue weighted by molar-refractivity contribution is 7.89. The predicted molar refractivity (Wildman–Crippen MR) is 101 cm³/mol. The lowest BCUT2D eigenvalue weighted by Gasteiger charge is -2.12. The summed E-state index contributed by atoms with van der Waals surface area (Å²) in [5.74, 6) is 1.25. The number of anilines is 1. The van der Waals surface area contributed by atoms with Gasteiger partial charge in [-0.3, -0.25) is 4.79 Å². The molecular weight excluding hydrogens is 372 g/mol. The minimum Gasteiger partial charge on any atom is -0.497 e. The first-order valence-corrected chi connectivity index (χ1v) is 9.53. The van der Waals surface area contributed by atoms with Gasteiger partial charge in [0.05, 0.1) is 31.9 Å². The zero-order valence-corrected chi connectivity index (χ0v) is 16.1. The first-order chi connectivity index (χ1) is 12.9. The zero-order valence-electron chi connectivity index (χ0n) is 15.3. The van der Waals surface area contributed by atoms with Crippen LogP contribution in [0.3, 0.4) is 0 Å². The zero-order chi connectivity index (χ0) is 19.9. The molecule has 1 amide bonds. The van der Waals surface area contributed by atoms with Gasteiger partial charge in [0.1, 0.15) is 17.2 Å². The van der Waals surface area contributed by atoms with Gasteiger partial charge in [-0.1, -0.05) is 0 Å². The maximum absolute atomic E-state index is 12.2. The van der Waals surface area contributed by atoms with E-state index < -0.39 is 10.0 Å². The number of rotatable bonds is 9. The molecule has 0 heterocycles. The molecule has 0 unspecified atom stereocenters. The Balaban J connectivity index is 1.91. The van der Waals surface area contributed by atoms with Crippen molar-refractivity contribution in [2.24, 2.45) is 0 Å². The van der Waals surface area contributed by atoms with E-state index in [-0.39, 0.29) is 23.8 Å². The van der Waals surface area contributed by atoms with E-state index in [9.17, 15) is 13.2 Å². The van der Waals surface area contributed by atoms with Crippen molar-refractivity contribution in [3.05, 3.63) is 42.5 Å². The van der Waals surface area contributed by atoms with Gasteiger partial charge in [-0.25, -0.2) is 13.1 Å². The number of carbonyl (C=O) groups excluding carboxylic acids is 1. The lowest BCUT2D eigenvalue weighted by atomic mass is 10.2. The van der Waals surface area contributed by atoms with Gasteiger partial charge in [-0.2, -0.15) is 0 Å². The molecule has 2 rings (SSSR count). The summed E-state index contributed by atoms with van der Waals surface area (Å²) in [6.45, 7) is -0.0430. The van der Waals surface area contributed by atoms with E-state index in [1.807, 2.05) is 0 Å². The van der Waals surface area contributed by atoms with Crippen LogP contribution in [0.2, 0.25) is 0 Å². The molecule has 0 radical (unpaired) electrons. The molecule has 0 saturated carbocycles. The smallest absolute Gasteiger partial charge is 0.240 e. The fourth-order valence-corrected chi connectivity index (χ4v) is 3.28. The van der Waals surface area contributed by atoms with Crippen molar-refractivity contribution in [3.63, 3.8) is 0 Å². The molecule has 0 aliphatic carbocycles. The van der Waals surface area contributed by atoms with Gasteiger partial charge in [-0.15, -0.1) is 0 Å². The van der Waals surface area contributed by atoms with Crippen LogP contribution in [0.5, 0.6) is 17.2 Å². The number of sulfonamides is 1. The minimum absolute atomic E-state index is 0.0371. The van der Waals surface area contributed by atoms with E-state index in [2.05, 4.69) is 10.0 Å². The molecule has 0 aliphatic rings. The number of hydrogen-bond acceptors (Lipinski definition) is 6. The molecule has 2 N–H and O–H groups in total. The Morgan fingerprint density at radius 3 is 2.15 bits per heavy atom. The third kappa shape index (κ3) is 5.60. The first-order valence-electron chi connectivity index (χ1n) is 8.05. The topological polar surface area (TPSA) is 103 Å². The second-order valence-electron chi connectivity index (χ2n) is 5.44. The van der Waals surface area contributed by atoms with Crippen molar-refractivity contribution in [2.45, 2.75) is 11.3 Å². The maximum atomic E-state index is 12.2. The van der Waals surface area contributed by atoms with Crippen LogP contribution in [0, 0.1) is 0 Å². The number of ether oxygens (including phenoxy) is 3. The monoisotopic (exact) mass is 394 g/mol. The number of hydrogen-bond donors (Lipinski definition) is 2. The van der Waals surface area contributed by atoms with Crippen molar-refractivity contribution < 1.29 is 27.4 Å². The van der Waals surface area contributed by atoms with E-state index in [1.54, 1.807) is 30.3 Å². The van der Waals surface area contributed by atoms with Gasteiger partial charge >= 0.3 is 0 Å². The third-order valence-corrected chi connectivity index (χ3v) is 5.17. The molecule has 2 aromatic carbocycles. The lowest BCUT2D eigenvalue weighted by Crippen LogP contribution is -2.27. The largest absolute Gasteiger partial charge is 0.497 e. The van der Waals surface area contributed by atoms with Crippen molar-refractivity contribution in [1.29, 1.82) is 0 Å². The molecule has 0 atom stereocenters. The summed E-state index contributed by atoms with van der Waals surface area (Å²) >= 11 is 0. The third-order valence-electron chi connectivity index (χ3n) is 3.70. The molecular formula is C18H22N2O6S. The Morgan fingerprint density at radius 2 is 1.56 bits per heavy atom. The summed E-state index contributed by atoms with van der Waals surface area (Å²) in [6, 6.07) is 10.9. The van der Waals surface area contributed by atoms with Gasteiger partial charge < -0.3 is 19.5 Å². The van der Waals surface area contributed by atoms with Gasteiger partial charge in [-0.05, 0) is 36.4 Å². The number of benzene rings is 2. The fraction of sp³-hybridized carbons (Fsp3) is 0.278. The Labute approximate surface area is 158 Å². The molecule has 146 valence electrons. The van der Waals surface area contributed by atoms with Crippen molar-refractivity contribution in [1.82, 2.24) is 4.72 Å². The van der Waals surface area contributed by atoms with Gasteiger partial charge in [0.2, 0.25) is 15.9 Å². The molecule has 0 saturated heterocycles. The average molecular weight is 394 g/mol. The summed E-state index contributed by atoms with van der Waals surface area (Å²) in [6.07, 6.45) is -0.0371. The fourth-order valence-electron chi connectivity index (χ4n) is 2.25. The molecule has 0 aliphatic heterocycles. The summed E-state index contributed by atoms with van der Waals surface area (Å²) in [4.78, 5) is 12.2. The highest BCUT2D eigenvalue weighted by Gasteiger charge is 2.15. The van der Waals surface area contributed by atoms with E-state index in [0.29, 0.717) is 22.9 Å². The second-order valence-corrected chi connectivity index (χ2v) is 7.20. The molecule has 2 aromatic rings. The Hall–Kier alpha value is -2.78. The van der Waals surface area contributed by atoms with Gasteiger partial charge in [0.15, 0.2) is 0 Å². The molecule has 8 nitrogen and oxygen atoms in total. The van der Waals surface area contributed by atoms with Gasteiger partial charge in [0.25, 0.3) is 0 Å². The number of methoxy groups -OCH3 is 3. The average Bonchev–Trinajstić information content (AvgIpc) is 2.68. The molecule has 0 aromatic heterocycles. The number of amides is 1. The molecule has 0 fully saturated rings.